The van der Waals surface area contributed by atoms with Crippen LogP contribution in [0.5, 0.6) is 0 Å². The van der Waals surface area contributed by atoms with Crippen LogP contribution in [-0.2, 0) is 9.59 Å². The Bertz CT molecular complexity index is 762. The molecule has 160 valence electrons. The molecule has 1 atom stereocenters. The second kappa shape index (κ2) is 9.01. The zero-order chi connectivity index (χ0) is 21.8. The number of nitrogens with one attached hydrogen (secondary N) is 3. The molecule has 1 saturated carbocycles. The van der Waals surface area contributed by atoms with E-state index in [1.54, 1.807) is 24.3 Å². The van der Waals surface area contributed by atoms with E-state index >= 15 is 0 Å². The van der Waals surface area contributed by atoms with Crippen LogP contribution in [0, 0.1) is 16.7 Å². The van der Waals surface area contributed by atoms with Gasteiger partial charge in [0.25, 0.3) is 5.91 Å². The van der Waals surface area contributed by atoms with E-state index in [9.17, 15) is 18.4 Å². The van der Waals surface area contributed by atoms with Crippen LogP contribution in [0.1, 0.15) is 58.9 Å². The highest BCUT2D eigenvalue weighted by Gasteiger charge is 2.35. The van der Waals surface area contributed by atoms with E-state index < -0.39 is 23.3 Å². The lowest BCUT2D eigenvalue weighted by Gasteiger charge is -2.30. The Morgan fingerprint density at radius 2 is 1.79 bits per heavy atom. The van der Waals surface area contributed by atoms with Gasteiger partial charge in [0.05, 0.1) is 6.04 Å². The number of anilines is 1. The first-order valence-corrected chi connectivity index (χ1v) is 10.0. The quantitative estimate of drug-likeness (QED) is 0.586. The van der Waals surface area contributed by atoms with Crippen molar-refractivity contribution in [2.45, 2.75) is 65.3 Å². The molecule has 0 radical (unpaired) electrons. The molecule has 2 rings (SSSR count). The van der Waals surface area contributed by atoms with E-state index in [4.69, 9.17) is 5.41 Å². The predicted octanol–water partition coefficient (Wildman–Crippen LogP) is 4.41. The van der Waals surface area contributed by atoms with E-state index in [0.717, 1.165) is 0 Å². The number of ketones is 1. The zero-order valence-electron chi connectivity index (χ0n) is 17.6. The van der Waals surface area contributed by atoms with E-state index in [0.29, 0.717) is 30.6 Å². The first-order valence-electron chi connectivity index (χ1n) is 10.0. The van der Waals surface area contributed by atoms with Crippen LogP contribution in [0.4, 0.5) is 14.5 Å². The van der Waals surface area contributed by atoms with Gasteiger partial charge in [-0.05, 0) is 37.2 Å². The number of hydrogen-bond acceptors (Lipinski definition) is 4. The molecule has 1 aromatic rings. The number of alkyl halides is 2. The highest BCUT2D eigenvalue weighted by Crippen LogP contribution is 2.36. The van der Waals surface area contributed by atoms with Gasteiger partial charge in [-0.1, -0.05) is 39.0 Å². The second-order valence-electron chi connectivity index (χ2n) is 8.98. The number of amides is 1. The fourth-order valence-corrected chi connectivity index (χ4v) is 3.67. The number of halogens is 2. The molecule has 29 heavy (non-hydrogen) atoms. The van der Waals surface area contributed by atoms with Crippen molar-refractivity contribution in [3.63, 3.8) is 0 Å². The molecule has 1 unspecified atom stereocenters. The molecule has 0 aliphatic heterocycles. The number of para-hydroxylation sites is 1. The van der Waals surface area contributed by atoms with Gasteiger partial charge in [-0.25, -0.2) is 8.78 Å². The van der Waals surface area contributed by atoms with Crippen molar-refractivity contribution >= 4 is 23.1 Å². The standard InChI is InChI=1S/C22H31F2N3O2/c1-14(28)19(21(2,3)4)27-20(29)18(25)16-7-5-6-8-17(16)26-13-15-9-11-22(23,24)12-10-15/h5-8,15,19,25-26H,9-13H2,1-4H3,(H,27,29). The third-order valence-electron chi connectivity index (χ3n) is 5.39. The molecule has 1 aromatic carbocycles. The maximum absolute atomic E-state index is 13.3. The first kappa shape index (κ1) is 23.0. The van der Waals surface area contributed by atoms with Crippen LogP contribution in [0.3, 0.4) is 0 Å². The number of benzene rings is 1. The number of rotatable bonds is 7. The average molecular weight is 408 g/mol. The van der Waals surface area contributed by atoms with Crippen LogP contribution >= 0.6 is 0 Å². The van der Waals surface area contributed by atoms with Crippen LogP contribution in [0.2, 0.25) is 0 Å². The third-order valence-corrected chi connectivity index (χ3v) is 5.39. The lowest BCUT2D eigenvalue weighted by molar-refractivity contribution is -0.126. The van der Waals surface area contributed by atoms with E-state index in [-0.39, 0.29) is 30.3 Å². The molecule has 0 spiro atoms. The topological polar surface area (TPSA) is 82.1 Å². The molecule has 0 heterocycles. The van der Waals surface area contributed by atoms with Crippen molar-refractivity contribution in [2.75, 3.05) is 11.9 Å². The summed E-state index contributed by atoms with van der Waals surface area (Å²) in [6.07, 6.45) is 0.703. The molecule has 1 fully saturated rings. The Morgan fingerprint density at radius 1 is 1.21 bits per heavy atom. The lowest BCUT2D eigenvalue weighted by atomic mass is 9.84. The fourth-order valence-electron chi connectivity index (χ4n) is 3.67. The minimum atomic E-state index is -2.56. The molecular formula is C22H31F2N3O2. The summed E-state index contributed by atoms with van der Waals surface area (Å²) in [5.74, 6) is -3.21. The number of carbonyl (C=O) groups excluding carboxylic acids is 2. The molecule has 0 bridgehead atoms. The molecule has 0 saturated heterocycles. The summed E-state index contributed by atoms with van der Waals surface area (Å²) >= 11 is 0. The summed E-state index contributed by atoms with van der Waals surface area (Å²) in [5, 5.41) is 14.2. The predicted molar refractivity (Wildman–Crippen MR) is 111 cm³/mol. The third kappa shape index (κ3) is 6.34. The summed E-state index contributed by atoms with van der Waals surface area (Å²) in [4.78, 5) is 24.6. The SMILES string of the molecule is CC(=O)C(NC(=O)C(=N)c1ccccc1NCC1CCC(F)(F)CC1)C(C)(C)C. The van der Waals surface area contributed by atoms with Gasteiger partial charge >= 0.3 is 0 Å². The molecular weight excluding hydrogens is 376 g/mol. The Balaban J connectivity index is 2.06. The number of carbonyl (C=O) groups is 2. The van der Waals surface area contributed by atoms with E-state index in [1.165, 1.54) is 6.92 Å². The first-order chi connectivity index (χ1) is 13.4. The van der Waals surface area contributed by atoms with Gasteiger partial charge < -0.3 is 10.6 Å². The Morgan fingerprint density at radius 3 is 2.34 bits per heavy atom. The van der Waals surface area contributed by atoms with Gasteiger partial charge in [0.2, 0.25) is 5.92 Å². The Hall–Kier alpha value is -2.31. The normalized spacial score (nSPS) is 18.0. The fraction of sp³-hybridized carbons (Fsp3) is 0.591. The summed E-state index contributed by atoms with van der Waals surface area (Å²) in [5.41, 5.74) is 0.323. The Labute approximate surface area is 171 Å². The second-order valence-corrected chi connectivity index (χ2v) is 8.98. The average Bonchev–Trinajstić information content (AvgIpc) is 2.63. The van der Waals surface area contributed by atoms with Crippen molar-refractivity contribution < 1.29 is 18.4 Å². The van der Waals surface area contributed by atoms with Gasteiger partial charge in [0, 0.05) is 30.6 Å². The highest BCUT2D eigenvalue weighted by molar-refractivity contribution is 6.45. The maximum Gasteiger partial charge on any atom is 0.270 e. The van der Waals surface area contributed by atoms with Crippen molar-refractivity contribution in [2.24, 2.45) is 11.3 Å². The summed E-state index contributed by atoms with van der Waals surface area (Å²) < 4.78 is 26.7. The minimum Gasteiger partial charge on any atom is -0.384 e. The summed E-state index contributed by atoms with van der Waals surface area (Å²) in [6, 6.07) is 6.26. The highest BCUT2D eigenvalue weighted by atomic mass is 19.3. The zero-order valence-corrected chi connectivity index (χ0v) is 17.6. The van der Waals surface area contributed by atoms with Gasteiger partial charge in [0.15, 0.2) is 5.78 Å². The summed E-state index contributed by atoms with van der Waals surface area (Å²) in [7, 11) is 0. The monoisotopic (exact) mass is 407 g/mol. The Kier molecular flexibility index (Phi) is 7.14. The van der Waals surface area contributed by atoms with Crippen molar-refractivity contribution in [1.29, 1.82) is 5.41 Å². The van der Waals surface area contributed by atoms with Gasteiger partial charge in [-0.15, -0.1) is 0 Å². The molecule has 0 aromatic heterocycles. The van der Waals surface area contributed by atoms with Crippen molar-refractivity contribution in [3.05, 3.63) is 29.8 Å². The molecule has 7 heteroatoms. The van der Waals surface area contributed by atoms with Gasteiger partial charge in [0.1, 0.15) is 5.71 Å². The number of hydrogen-bond donors (Lipinski definition) is 3. The largest absolute Gasteiger partial charge is 0.384 e. The number of Topliss-reactive ketones (excluding diaryl/α,β-unsaturated/α-hetero) is 1. The molecule has 1 aliphatic rings. The van der Waals surface area contributed by atoms with Crippen molar-refractivity contribution in [1.82, 2.24) is 5.32 Å². The minimum absolute atomic E-state index is 0.0988. The van der Waals surface area contributed by atoms with E-state index in [2.05, 4.69) is 10.6 Å². The van der Waals surface area contributed by atoms with Gasteiger partial charge in [-0.2, -0.15) is 0 Å². The maximum atomic E-state index is 13.3. The lowest BCUT2D eigenvalue weighted by Crippen LogP contribution is -2.50. The summed E-state index contributed by atoms with van der Waals surface area (Å²) in [6.45, 7) is 7.49. The van der Waals surface area contributed by atoms with Crippen LogP contribution in [0.15, 0.2) is 24.3 Å². The molecule has 3 N–H and O–H groups in total. The van der Waals surface area contributed by atoms with Gasteiger partial charge in [-0.3, -0.25) is 15.0 Å². The van der Waals surface area contributed by atoms with Crippen LogP contribution in [0.25, 0.3) is 0 Å². The van der Waals surface area contributed by atoms with Crippen molar-refractivity contribution in [3.8, 4) is 0 Å². The smallest absolute Gasteiger partial charge is 0.270 e. The molecule has 1 aliphatic carbocycles. The molecule has 5 nitrogen and oxygen atoms in total. The van der Waals surface area contributed by atoms with E-state index in [1.807, 2.05) is 20.8 Å². The van der Waals surface area contributed by atoms with Crippen LogP contribution < -0.4 is 10.6 Å². The van der Waals surface area contributed by atoms with Crippen LogP contribution in [-0.4, -0.2) is 35.9 Å². The molecule has 1 amide bonds.